The van der Waals surface area contributed by atoms with Crippen LogP contribution in [0.15, 0.2) is 0 Å². The molecule has 2 aliphatic carbocycles. The second-order valence-corrected chi connectivity index (χ2v) is 5.76. The molecule has 0 aliphatic heterocycles. The van der Waals surface area contributed by atoms with Gasteiger partial charge in [-0.3, -0.25) is 0 Å². The van der Waals surface area contributed by atoms with E-state index in [9.17, 15) is 0 Å². The first-order valence-corrected chi connectivity index (χ1v) is 7.05. The molecule has 2 fully saturated rings. The predicted octanol–water partition coefficient (Wildman–Crippen LogP) is 3.74. The van der Waals surface area contributed by atoms with Crippen LogP contribution in [0.3, 0.4) is 0 Å². The van der Waals surface area contributed by atoms with Crippen molar-refractivity contribution in [3.05, 3.63) is 0 Å². The van der Waals surface area contributed by atoms with Crippen LogP contribution in [0.4, 0.5) is 0 Å². The molecule has 15 heavy (non-hydrogen) atoms. The minimum Gasteiger partial charge on any atom is -0.317 e. The van der Waals surface area contributed by atoms with Crippen molar-refractivity contribution >= 4 is 0 Å². The van der Waals surface area contributed by atoms with E-state index in [2.05, 4.69) is 12.4 Å². The Morgan fingerprint density at radius 2 is 1.27 bits per heavy atom. The molecule has 0 amide bonds. The van der Waals surface area contributed by atoms with Gasteiger partial charge < -0.3 is 5.32 Å². The third-order valence-electron chi connectivity index (χ3n) is 4.59. The smallest absolute Gasteiger partial charge is 0.00693 e. The molecule has 2 saturated carbocycles. The second-order valence-electron chi connectivity index (χ2n) is 5.76. The van der Waals surface area contributed by atoms with E-state index in [1.807, 2.05) is 0 Å². The van der Waals surface area contributed by atoms with Crippen LogP contribution < -0.4 is 5.32 Å². The summed E-state index contributed by atoms with van der Waals surface area (Å²) < 4.78 is 0. The number of nitrogens with one attached hydrogen (secondary N) is 1. The number of hydrogen-bond acceptors (Lipinski definition) is 1. The van der Waals surface area contributed by atoms with Crippen LogP contribution in [0.1, 0.15) is 64.2 Å². The van der Waals surface area contributed by atoms with Crippen LogP contribution in [0.25, 0.3) is 0 Å². The summed E-state index contributed by atoms with van der Waals surface area (Å²) in [5.41, 5.74) is 0. The monoisotopic (exact) mass is 209 g/mol. The van der Waals surface area contributed by atoms with E-state index in [4.69, 9.17) is 0 Å². The molecule has 1 N–H and O–H groups in total. The van der Waals surface area contributed by atoms with Gasteiger partial charge >= 0.3 is 0 Å². The number of hydrogen-bond donors (Lipinski definition) is 1. The molecular weight excluding hydrogens is 182 g/mol. The van der Waals surface area contributed by atoms with Gasteiger partial charge in [-0.1, -0.05) is 51.4 Å². The fraction of sp³-hybridized carbons (Fsp3) is 1.00. The largest absolute Gasteiger partial charge is 0.317 e. The molecule has 0 heterocycles. The van der Waals surface area contributed by atoms with Crippen molar-refractivity contribution < 1.29 is 0 Å². The Labute approximate surface area is 95.0 Å². The van der Waals surface area contributed by atoms with Crippen molar-refractivity contribution in [3.63, 3.8) is 0 Å². The normalized spacial score (nSPS) is 24.4. The molecule has 0 bridgehead atoms. The summed E-state index contributed by atoms with van der Waals surface area (Å²) in [7, 11) is 2.16. The molecule has 88 valence electrons. The van der Waals surface area contributed by atoms with Gasteiger partial charge in [-0.15, -0.1) is 0 Å². The lowest BCUT2D eigenvalue weighted by Gasteiger charge is -2.23. The fourth-order valence-corrected chi connectivity index (χ4v) is 3.63. The van der Waals surface area contributed by atoms with Crippen molar-refractivity contribution in [2.45, 2.75) is 70.3 Å². The number of rotatable bonds is 5. The van der Waals surface area contributed by atoms with Crippen LogP contribution in [0.5, 0.6) is 0 Å². The van der Waals surface area contributed by atoms with Gasteiger partial charge in [0.15, 0.2) is 0 Å². The molecule has 0 aromatic carbocycles. The Hall–Kier alpha value is -0.0400. The molecule has 2 aliphatic rings. The van der Waals surface area contributed by atoms with Gasteiger partial charge in [0.25, 0.3) is 0 Å². The Balaban J connectivity index is 1.70. The lowest BCUT2D eigenvalue weighted by atomic mass is 9.91. The topological polar surface area (TPSA) is 12.0 Å². The highest BCUT2D eigenvalue weighted by atomic mass is 14.9. The molecule has 0 radical (unpaired) electrons. The Morgan fingerprint density at radius 1 is 0.867 bits per heavy atom. The molecule has 0 saturated heterocycles. The summed E-state index contributed by atoms with van der Waals surface area (Å²) in [6.45, 7) is 0. The molecule has 1 heteroatoms. The first kappa shape index (κ1) is 11.4. The highest BCUT2D eigenvalue weighted by molar-refractivity contribution is 4.79. The van der Waals surface area contributed by atoms with Gasteiger partial charge in [-0.2, -0.15) is 0 Å². The molecule has 0 unspecified atom stereocenters. The highest BCUT2D eigenvalue weighted by Gasteiger charge is 2.23. The van der Waals surface area contributed by atoms with Crippen LogP contribution in [0, 0.1) is 11.8 Å². The van der Waals surface area contributed by atoms with Gasteiger partial charge in [-0.05, 0) is 31.7 Å². The van der Waals surface area contributed by atoms with Crippen LogP contribution >= 0.6 is 0 Å². The summed E-state index contributed by atoms with van der Waals surface area (Å²) in [6.07, 6.45) is 14.9. The van der Waals surface area contributed by atoms with Crippen molar-refractivity contribution in [3.8, 4) is 0 Å². The summed E-state index contributed by atoms with van der Waals surface area (Å²) >= 11 is 0. The molecule has 2 rings (SSSR count). The molecule has 0 aromatic rings. The Kier molecular flexibility index (Phi) is 4.49. The summed E-state index contributed by atoms with van der Waals surface area (Å²) in [4.78, 5) is 0. The maximum Gasteiger partial charge on any atom is 0.00693 e. The predicted molar refractivity (Wildman–Crippen MR) is 66.0 cm³/mol. The quantitative estimate of drug-likeness (QED) is 0.727. The zero-order valence-corrected chi connectivity index (χ0v) is 10.3. The lowest BCUT2D eigenvalue weighted by Crippen LogP contribution is -2.29. The lowest BCUT2D eigenvalue weighted by molar-refractivity contribution is 0.338. The minimum absolute atomic E-state index is 0.816. The van der Waals surface area contributed by atoms with Crippen LogP contribution in [0.2, 0.25) is 0 Å². The van der Waals surface area contributed by atoms with Gasteiger partial charge in [0, 0.05) is 6.04 Å². The summed E-state index contributed by atoms with van der Waals surface area (Å²) in [6, 6.07) is 0.816. The zero-order chi connectivity index (χ0) is 10.5. The maximum absolute atomic E-state index is 3.56. The average molecular weight is 209 g/mol. The van der Waals surface area contributed by atoms with Crippen LogP contribution in [-0.2, 0) is 0 Å². The van der Waals surface area contributed by atoms with Gasteiger partial charge in [0.2, 0.25) is 0 Å². The molecule has 0 atom stereocenters. The Bertz CT molecular complexity index is 148. The Morgan fingerprint density at radius 3 is 1.60 bits per heavy atom. The van der Waals surface area contributed by atoms with E-state index in [1.54, 1.807) is 0 Å². The van der Waals surface area contributed by atoms with E-state index < -0.39 is 0 Å². The minimum atomic E-state index is 0.816. The SMILES string of the molecule is CNC(CC1CCCC1)CC1CCCC1. The van der Waals surface area contributed by atoms with E-state index in [0.717, 1.165) is 17.9 Å². The first-order chi connectivity index (χ1) is 7.38. The van der Waals surface area contributed by atoms with Gasteiger partial charge in [-0.25, -0.2) is 0 Å². The van der Waals surface area contributed by atoms with Crippen molar-refractivity contribution in [1.29, 1.82) is 0 Å². The van der Waals surface area contributed by atoms with E-state index in [0.29, 0.717) is 0 Å². The van der Waals surface area contributed by atoms with E-state index in [-0.39, 0.29) is 0 Å². The maximum atomic E-state index is 3.56. The van der Waals surface area contributed by atoms with E-state index in [1.165, 1.54) is 64.2 Å². The molecule has 1 nitrogen and oxygen atoms in total. The fourth-order valence-electron chi connectivity index (χ4n) is 3.63. The summed E-state index contributed by atoms with van der Waals surface area (Å²) in [5, 5.41) is 3.56. The van der Waals surface area contributed by atoms with Crippen molar-refractivity contribution in [2.75, 3.05) is 7.05 Å². The molecule has 0 aromatic heterocycles. The van der Waals surface area contributed by atoms with E-state index >= 15 is 0 Å². The van der Waals surface area contributed by atoms with Crippen molar-refractivity contribution in [1.82, 2.24) is 5.32 Å². The first-order valence-electron chi connectivity index (χ1n) is 7.05. The van der Waals surface area contributed by atoms with Crippen LogP contribution in [-0.4, -0.2) is 13.1 Å². The van der Waals surface area contributed by atoms with Crippen molar-refractivity contribution in [2.24, 2.45) is 11.8 Å². The molecular formula is C14H27N. The summed E-state index contributed by atoms with van der Waals surface area (Å²) in [5.74, 6) is 2.09. The highest BCUT2D eigenvalue weighted by Crippen LogP contribution is 2.33. The molecule has 0 spiro atoms. The van der Waals surface area contributed by atoms with Gasteiger partial charge in [0.1, 0.15) is 0 Å². The standard InChI is InChI=1S/C14H27N/c1-15-14(10-12-6-2-3-7-12)11-13-8-4-5-9-13/h12-15H,2-11H2,1H3. The third-order valence-corrected chi connectivity index (χ3v) is 4.59. The average Bonchev–Trinajstić information content (AvgIpc) is 2.89. The second kappa shape index (κ2) is 5.89. The van der Waals surface area contributed by atoms with Gasteiger partial charge in [0.05, 0.1) is 0 Å². The zero-order valence-electron chi connectivity index (χ0n) is 10.3. The third kappa shape index (κ3) is 3.48.